The van der Waals surface area contributed by atoms with Crippen molar-refractivity contribution in [1.82, 2.24) is 15.9 Å². The minimum Gasteiger partial charge on any atom is -0.476 e. The highest BCUT2D eigenvalue weighted by Gasteiger charge is 2.42. The van der Waals surface area contributed by atoms with Gasteiger partial charge in [-0.15, -0.1) is 0 Å². The molecule has 2 heterocycles. The fraction of sp³-hybridized carbons (Fsp3) is 0.250. The smallest absolute Gasteiger partial charge is 0.362 e. The van der Waals surface area contributed by atoms with Gasteiger partial charge in [-0.3, -0.25) is 10.2 Å². The highest BCUT2D eigenvalue weighted by Crippen LogP contribution is 2.27. The quantitative estimate of drug-likeness (QED) is 0.686. The molecule has 2 unspecified atom stereocenters. The standard InChI is InChI=1S/C12H12N4O3/c17-11-10(12(18)19)14-13-9-6-8(15-16(9)11)7-4-2-1-3-5-7/h1-5,8-9,13,15H,6H2,(H,18,19). The van der Waals surface area contributed by atoms with Crippen LogP contribution in [-0.2, 0) is 9.59 Å². The molecule has 1 amide bonds. The number of benzene rings is 1. The number of carbonyl (C=O) groups is 2. The van der Waals surface area contributed by atoms with Gasteiger partial charge in [0.1, 0.15) is 6.17 Å². The van der Waals surface area contributed by atoms with Gasteiger partial charge in [0, 0.05) is 6.42 Å². The van der Waals surface area contributed by atoms with E-state index in [0.29, 0.717) is 6.42 Å². The van der Waals surface area contributed by atoms with Gasteiger partial charge in [0.2, 0.25) is 5.71 Å². The number of hydrazone groups is 1. The maximum Gasteiger partial charge on any atom is 0.362 e. The number of hydrogen-bond donors (Lipinski definition) is 3. The molecule has 7 nitrogen and oxygen atoms in total. The minimum atomic E-state index is -1.33. The molecule has 19 heavy (non-hydrogen) atoms. The van der Waals surface area contributed by atoms with Crippen LogP contribution in [0.15, 0.2) is 35.4 Å². The van der Waals surface area contributed by atoms with Gasteiger partial charge in [-0.2, -0.15) is 5.10 Å². The number of fused-ring (bicyclic) bond motifs is 1. The van der Waals surface area contributed by atoms with Crippen LogP contribution in [0.5, 0.6) is 0 Å². The Morgan fingerprint density at radius 3 is 2.79 bits per heavy atom. The molecule has 3 rings (SSSR count). The number of hydrogen-bond acceptors (Lipinski definition) is 5. The maximum atomic E-state index is 11.9. The Morgan fingerprint density at radius 2 is 2.11 bits per heavy atom. The van der Waals surface area contributed by atoms with Gasteiger partial charge in [0.05, 0.1) is 6.04 Å². The summed E-state index contributed by atoms with van der Waals surface area (Å²) in [6, 6.07) is 9.64. The van der Waals surface area contributed by atoms with Gasteiger partial charge in [-0.25, -0.2) is 15.2 Å². The third-order valence-electron chi connectivity index (χ3n) is 3.22. The lowest BCUT2D eigenvalue weighted by molar-refractivity contribution is -0.135. The molecule has 2 aliphatic rings. The first kappa shape index (κ1) is 11.7. The van der Waals surface area contributed by atoms with Crippen LogP contribution in [-0.4, -0.2) is 33.9 Å². The molecule has 0 aromatic heterocycles. The van der Waals surface area contributed by atoms with E-state index in [1.54, 1.807) is 0 Å². The third-order valence-corrected chi connectivity index (χ3v) is 3.22. The van der Waals surface area contributed by atoms with E-state index in [1.165, 1.54) is 5.01 Å². The lowest BCUT2D eigenvalue weighted by Crippen LogP contribution is -2.56. The molecule has 1 aromatic carbocycles. The molecule has 7 heteroatoms. The number of carboxylic acids is 1. The van der Waals surface area contributed by atoms with Crippen LogP contribution >= 0.6 is 0 Å². The van der Waals surface area contributed by atoms with E-state index in [4.69, 9.17) is 5.11 Å². The maximum absolute atomic E-state index is 11.9. The number of nitrogens with zero attached hydrogens (tertiary/aromatic N) is 2. The van der Waals surface area contributed by atoms with Gasteiger partial charge in [0.25, 0.3) is 5.91 Å². The van der Waals surface area contributed by atoms with E-state index < -0.39 is 17.6 Å². The second kappa shape index (κ2) is 4.36. The van der Waals surface area contributed by atoms with Crippen LogP contribution in [0.2, 0.25) is 0 Å². The zero-order valence-corrected chi connectivity index (χ0v) is 9.91. The zero-order valence-electron chi connectivity index (χ0n) is 9.91. The highest BCUT2D eigenvalue weighted by molar-refractivity contribution is 6.63. The Kier molecular flexibility index (Phi) is 2.68. The van der Waals surface area contributed by atoms with E-state index >= 15 is 0 Å². The Bertz CT molecular complexity index is 557. The summed E-state index contributed by atoms with van der Waals surface area (Å²) < 4.78 is 0. The fourth-order valence-corrected chi connectivity index (χ4v) is 2.29. The molecule has 2 atom stereocenters. The normalized spacial score (nSPS) is 25.6. The zero-order chi connectivity index (χ0) is 13.4. The number of nitrogens with one attached hydrogen (secondary N) is 2. The number of hydrazine groups is 1. The van der Waals surface area contributed by atoms with Gasteiger partial charge in [-0.1, -0.05) is 30.3 Å². The van der Waals surface area contributed by atoms with E-state index in [-0.39, 0.29) is 12.2 Å². The molecule has 1 aromatic rings. The lowest BCUT2D eigenvalue weighted by Gasteiger charge is -2.27. The van der Waals surface area contributed by atoms with Crippen molar-refractivity contribution in [2.24, 2.45) is 5.10 Å². The topological polar surface area (TPSA) is 94.0 Å². The average molecular weight is 260 g/mol. The first-order chi connectivity index (χ1) is 9.16. The summed E-state index contributed by atoms with van der Waals surface area (Å²) in [7, 11) is 0. The SMILES string of the molecule is O=C(O)C1=NNC2CC(c3ccccc3)NN2C1=O. The van der Waals surface area contributed by atoms with Gasteiger partial charge < -0.3 is 5.11 Å². The molecule has 98 valence electrons. The molecular weight excluding hydrogens is 248 g/mol. The first-order valence-electron chi connectivity index (χ1n) is 5.88. The van der Waals surface area contributed by atoms with Crippen LogP contribution in [0.25, 0.3) is 0 Å². The lowest BCUT2D eigenvalue weighted by atomic mass is 10.0. The summed E-state index contributed by atoms with van der Waals surface area (Å²) in [6.45, 7) is 0. The van der Waals surface area contributed by atoms with Crippen LogP contribution in [0.4, 0.5) is 0 Å². The second-order valence-electron chi connectivity index (χ2n) is 4.41. The molecule has 0 bridgehead atoms. The summed E-state index contributed by atoms with van der Waals surface area (Å²) >= 11 is 0. The van der Waals surface area contributed by atoms with Crippen molar-refractivity contribution in [3.63, 3.8) is 0 Å². The molecule has 1 saturated heterocycles. The van der Waals surface area contributed by atoms with E-state index in [0.717, 1.165) is 5.56 Å². The third kappa shape index (κ3) is 1.93. The number of carbonyl (C=O) groups excluding carboxylic acids is 1. The van der Waals surface area contributed by atoms with Crippen molar-refractivity contribution < 1.29 is 14.7 Å². The van der Waals surface area contributed by atoms with Crippen molar-refractivity contribution in [3.05, 3.63) is 35.9 Å². The fourth-order valence-electron chi connectivity index (χ4n) is 2.29. The van der Waals surface area contributed by atoms with Crippen LogP contribution in [0.1, 0.15) is 18.0 Å². The molecule has 1 fully saturated rings. The molecule has 0 saturated carbocycles. The Balaban J connectivity index is 1.81. The highest BCUT2D eigenvalue weighted by atomic mass is 16.4. The first-order valence-corrected chi connectivity index (χ1v) is 5.88. The molecule has 3 N–H and O–H groups in total. The van der Waals surface area contributed by atoms with Crippen molar-refractivity contribution >= 4 is 17.6 Å². The Labute approximate surface area is 108 Å². The molecule has 0 aliphatic carbocycles. The van der Waals surface area contributed by atoms with Crippen LogP contribution < -0.4 is 10.9 Å². The summed E-state index contributed by atoms with van der Waals surface area (Å²) in [5, 5.41) is 13.8. The number of rotatable bonds is 2. The molecular formula is C12H12N4O3. The summed E-state index contributed by atoms with van der Waals surface area (Å²) in [4.78, 5) is 22.8. The monoisotopic (exact) mass is 260 g/mol. The van der Waals surface area contributed by atoms with Crippen molar-refractivity contribution in [1.29, 1.82) is 0 Å². The van der Waals surface area contributed by atoms with E-state index in [2.05, 4.69) is 16.0 Å². The average Bonchev–Trinajstić information content (AvgIpc) is 2.85. The largest absolute Gasteiger partial charge is 0.476 e. The predicted octanol–water partition coefficient (Wildman–Crippen LogP) is -0.166. The van der Waals surface area contributed by atoms with Crippen LogP contribution in [0, 0.1) is 0 Å². The number of aliphatic carboxylic acids is 1. The van der Waals surface area contributed by atoms with E-state index in [1.807, 2.05) is 30.3 Å². The number of amides is 1. The molecule has 0 spiro atoms. The van der Waals surface area contributed by atoms with Crippen molar-refractivity contribution in [3.8, 4) is 0 Å². The predicted molar refractivity (Wildman–Crippen MR) is 65.8 cm³/mol. The van der Waals surface area contributed by atoms with E-state index in [9.17, 15) is 9.59 Å². The summed E-state index contributed by atoms with van der Waals surface area (Å²) in [5.74, 6) is -1.95. The van der Waals surface area contributed by atoms with Gasteiger partial charge in [0.15, 0.2) is 0 Å². The summed E-state index contributed by atoms with van der Waals surface area (Å²) in [5.41, 5.74) is 6.26. The Morgan fingerprint density at radius 1 is 1.37 bits per heavy atom. The summed E-state index contributed by atoms with van der Waals surface area (Å²) in [6.07, 6.45) is 0.312. The molecule has 0 radical (unpaired) electrons. The second-order valence-corrected chi connectivity index (χ2v) is 4.41. The van der Waals surface area contributed by atoms with Crippen molar-refractivity contribution in [2.45, 2.75) is 18.6 Å². The molecule has 2 aliphatic heterocycles. The number of carboxylic acid groups (broad SMARTS) is 1. The minimum absolute atomic E-state index is 0.0361. The Hall–Kier alpha value is -2.41. The van der Waals surface area contributed by atoms with Crippen molar-refractivity contribution in [2.75, 3.05) is 0 Å². The van der Waals surface area contributed by atoms with Crippen LogP contribution in [0.3, 0.4) is 0 Å². The van der Waals surface area contributed by atoms with Gasteiger partial charge in [-0.05, 0) is 5.56 Å². The van der Waals surface area contributed by atoms with Gasteiger partial charge >= 0.3 is 5.97 Å².